The lowest BCUT2D eigenvalue weighted by Gasteiger charge is -2.12. The summed E-state index contributed by atoms with van der Waals surface area (Å²) in [7, 11) is 0. The number of benzene rings is 1. The van der Waals surface area contributed by atoms with Gasteiger partial charge < -0.3 is 9.47 Å². The van der Waals surface area contributed by atoms with Crippen LogP contribution in [0.25, 0.3) is 10.2 Å². The smallest absolute Gasteiger partial charge is 0.338 e. The minimum Gasteiger partial charge on any atom is -0.462 e. The summed E-state index contributed by atoms with van der Waals surface area (Å²) in [6, 6.07) is 6.96. The maximum atomic E-state index is 11.8. The van der Waals surface area contributed by atoms with E-state index in [-0.39, 0.29) is 5.97 Å². The summed E-state index contributed by atoms with van der Waals surface area (Å²) in [5.74, 6) is 1.63. The molecule has 2 heterocycles. The molecule has 0 spiro atoms. The number of hydrogen-bond acceptors (Lipinski definition) is 6. The van der Waals surface area contributed by atoms with Crippen molar-refractivity contribution in [2.45, 2.75) is 39.5 Å². The molecule has 0 unspecified atom stereocenters. The van der Waals surface area contributed by atoms with Crippen molar-refractivity contribution in [2.75, 3.05) is 6.61 Å². The zero-order valence-corrected chi connectivity index (χ0v) is 15.7. The van der Waals surface area contributed by atoms with Crippen LogP contribution in [0.2, 0.25) is 0 Å². The van der Waals surface area contributed by atoms with Crippen LogP contribution in [0.4, 0.5) is 0 Å². The van der Waals surface area contributed by atoms with Crippen molar-refractivity contribution < 1.29 is 14.3 Å². The fourth-order valence-electron chi connectivity index (χ4n) is 3.28. The van der Waals surface area contributed by atoms with Crippen molar-refractivity contribution in [2.24, 2.45) is 0 Å². The number of aromatic nitrogens is 2. The molecule has 1 aliphatic carbocycles. The lowest BCUT2D eigenvalue weighted by Crippen LogP contribution is -2.04. The molecule has 0 bridgehead atoms. The summed E-state index contributed by atoms with van der Waals surface area (Å²) in [5.41, 5.74) is 1.85. The standard InChI is InChI=1S/C20H20N2O3S/c1-3-24-20(23)13-8-10-14(11-9-13)25-18-17-15-6-4-5-7-16(15)26-19(17)22-12(2)21-18/h8-11H,3-7H2,1-2H3. The quantitative estimate of drug-likeness (QED) is 0.616. The van der Waals surface area contributed by atoms with Gasteiger partial charge in [-0.15, -0.1) is 11.3 Å². The SMILES string of the molecule is CCOC(=O)c1ccc(Oc2nc(C)nc3sc4c(c23)CCCC4)cc1. The van der Waals surface area contributed by atoms with Gasteiger partial charge in [0.05, 0.1) is 17.6 Å². The molecule has 0 aliphatic heterocycles. The molecule has 0 fully saturated rings. The Balaban J connectivity index is 1.68. The number of nitrogens with zero attached hydrogens (tertiary/aromatic N) is 2. The van der Waals surface area contributed by atoms with Crippen molar-refractivity contribution in [3.05, 3.63) is 46.1 Å². The Hall–Kier alpha value is -2.47. The third-order valence-electron chi connectivity index (χ3n) is 4.47. The van der Waals surface area contributed by atoms with Crippen LogP contribution in [0, 0.1) is 6.92 Å². The number of esters is 1. The second kappa shape index (κ2) is 7.03. The van der Waals surface area contributed by atoms with E-state index in [4.69, 9.17) is 9.47 Å². The van der Waals surface area contributed by atoms with Gasteiger partial charge in [0.15, 0.2) is 0 Å². The highest BCUT2D eigenvalue weighted by Crippen LogP contribution is 2.40. The molecule has 1 aromatic carbocycles. The number of aryl methyl sites for hydroxylation is 3. The van der Waals surface area contributed by atoms with Gasteiger partial charge in [0.25, 0.3) is 0 Å². The lowest BCUT2D eigenvalue weighted by atomic mass is 9.97. The second-order valence-electron chi connectivity index (χ2n) is 6.31. The summed E-state index contributed by atoms with van der Waals surface area (Å²) in [4.78, 5) is 23.3. The van der Waals surface area contributed by atoms with Gasteiger partial charge in [-0.05, 0) is 69.4 Å². The molecule has 5 nitrogen and oxygen atoms in total. The summed E-state index contributed by atoms with van der Waals surface area (Å²) in [5, 5.41) is 1.05. The molecular weight excluding hydrogens is 348 g/mol. The lowest BCUT2D eigenvalue weighted by molar-refractivity contribution is 0.0526. The van der Waals surface area contributed by atoms with Gasteiger partial charge in [-0.1, -0.05) is 0 Å². The molecule has 4 rings (SSSR count). The van der Waals surface area contributed by atoms with Gasteiger partial charge in [0.2, 0.25) is 5.88 Å². The summed E-state index contributed by atoms with van der Waals surface area (Å²) >= 11 is 1.76. The van der Waals surface area contributed by atoms with Gasteiger partial charge in [-0.3, -0.25) is 0 Å². The van der Waals surface area contributed by atoms with Crippen LogP contribution >= 0.6 is 11.3 Å². The van der Waals surface area contributed by atoms with Crippen molar-refractivity contribution in [1.29, 1.82) is 0 Å². The number of fused-ring (bicyclic) bond motifs is 3. The largest absolute Gasteiger partial charge is 0.462 e. The number of ether oxygens (including phenoxy) is 2. The predicted octanol–water partition coefficient (Wildman–Crippen LogP) is 4.85. The minimum absolute atomic E-state index is 0.328. The van der Waals surface area contributed by atoms with Gasteiger partial charge in [-0.25, -0.2) is 9.78 Å². The molecule has 0 N–H and O–H groups in total. The third-order valence-corrected chi connectivity index (χ3v) is 5.66. The highest BCUT2D eigenvalue weighted by molar-refractivity contribution is 7.18. The molecule has 0 saturated heterocycles. The molecule has 134 valence electrons. The summed E-state index contributed by atoms with van der Waals surface area (Å²) < 4.78 is 11.1. The highest BCUT2D eigenvalue weighted by atomic mass is 32.1. The maximum Gasteiger partial charge on any atom is 0.338 e. The van der Waals surface area contributed by atoms with E-state index in [2.05, 4.69) is 9.97 Å². The van der Waals surface area contributed by atoms with Crippen LogP contribution in [-0.2, 0) is 17.6 Å². The number of thiophene rings is 1. The predicted molar refractivity (Wildman–Crippen MR) is 101 cm³/mol. The molecule has 3 aromatic rings. The van der Waals surface area contributed by atoms with E-state index in [1.165, 1.54) is 23.3 Å². The molecule has 2 aromatic heterocycles. The number of hydrogen-bond donors (Lipinski definition) is 0. The molecule has 26 heavy (non-hydrogen) atoms. The van der Waals surface area contributed by atoms with Crippen molar-refractivity contribution in [3.63, 3.8) is 0 Å². The van der Waals surface area contributed by atoms with Crippen LogP contribution in [0.5, 0.6) is 11.6 Å². The third kappa shape index (κ3) is 3.17. The number of rotatable bonds is 4. The van der Waals surface area contributed by atoms with Crippen molar-refractivity contribution in [1.82, 2.24) is 9.97 Å². The Bertz CT molecular complexity index is 963. The number of carbonyl (C=O) groups excluding carboxylic acids is 1. The minimum atomic E-state index is -0.328. The zero-order chi connectivity index (χ0) is 18.1. The van der Waals surface area contributed by atoms with E-state index < -0.39 is 0 Å². The van der Waals surface area contributed by atoms with E-state index in [1.807, 2.05) is 6.92 Å². The molecule has 0 atom stereocenters. The first-order chi connectivity index (χ1) is 12.7. The van der Waals surface area contributed by atoms with Crippen LogP contribution < -0.4 is 4.74 Å². The fourth-order valence-corrected chi connectivity index (χ4v) is 4.58. The topological polar surface area (TPSA) is 61.3 Å². The van der Waals surface area contributed by atoms with Gasteiger partial charge in [0, 0.05) is 4.88 Å². The Morgan fingerprint density at radius 3 is 2.69 bits per heavy atom. The van der Waals surface area contributed by atoms with Crippen molar-refractivity contribution in [3.8, 4) is 11.6 Å². The molecule has 0 saturated carbocycles. The van der Waals surface area contributed by atoms with Crippen LogP contribution in [-0.4, -0.2) is 22.5 Å². The van der Waals surface area contributed by atoms with Gasteiger partial charge in [-0.2, -0.15) is 4.98 Å². The summed E-state index contributed by atoms with van der Waals surface area (Å²) in [6.45, 7) is 4.03. The highest BCUT2D eigenvalue weighted by Gasteiger charge is 2.21. The fraction of sp³-hybridized carbons (Fsp3) is 0.350. The zero-order valence-electron chi connectivity index (χ0n) is 14.9. The molecule has 1 aliphatic rings. The Morgan fingerprint density at radius 1 is 1.15 bits per heavy atom. The first kappa shape index (κ1) is 17.0. The average Bonchev–Trinajstić information content (AvgIpc) is 3.00. The Morgan fingerprint density at radius 2 is 1.92 bits per heavy atom. The Kier molecular flexibility index (Phi) is 4.59. The Labute approximate surface area is 156 Å². The van der Waals surface area contributed by atoms with E-state index in [9.17, 15) is 4.79 Å². The molecule has 0 radical (unpaired) electrons. The van der Waals surface area contributed by atoms with Gasteiger partial charge >= 0.3 is 5.97 Å². The van der Waals surface area contributed by atoms with E-state index in [0.717, 1.165) is 23.1 Å². The van der Waals surface area contributed by atoms with Crippen LogP contribution in [0.1, 0.15) is 46.4 Å². The van der Waals surface area contributed by atoms with Crippen LogP contribution in [0.15, 0.2) is 24.3 Å². The van der Waals surface area contributed by atoms with Crippen molar-refractivity contribution >= 4 is 27.5 Å². The monoisotopic (exact) mass is 368 g/mol. The first-order valence-corrected chi connectivity index (χ1v) is 9.71. The molecule has 0 amide bonds. The summed E-state index contributed by atoms with van der Waals surface area (Å²) in [6.07, 6.45) is 4.60. The molecule has 6 heteroatoms. The maximum absolute atomic E-state index is 11.8. The van der Waals surface area contributed by atoms with Gasteiger partial charge in [0.1, 0.15) is 16.4 Å². The molecular formula is C20H20N2O3S. The average molecular weight is 368 g/mol. The number of carbonyl (C=O) groups is 1. The second-order valence-corrected chi connectivity index (χ2v) is 7.40. The van der Waals surface area contributed by atoms with E-state index >= 15 is 0 Å². The first-order valence-electron chi connectivity index (χ1n) is 8.89. The van der Waals surface area contributed by atoms with E-state index in [1.54, 1.807) is 42.5 Å². The van der Waals surface area contributed by atoms with Crippen LogP contribution in [0.3, 0.4) is 0 Å². The normalized spacial score (nSPS) is 13.5. The van der Waals surface area contributed by atoms with E-state index in [0.29, 0.717) is 29.6 Å².